The molecule has 4 rings (SSSR count). The number of benzene rings is 2. The maximum absolute atomic E-state index is 14.5. The van der Waals surface area contributed by atoms with Gasteiger partial charge in [-0.3, -0.25) is 4.98 Å². The van der Waals surface area contributed by atoms with E-state index in [1.54, 1.807) is 19.2 Å². The monoisotopic (exact) mass is 401 g/mol. The molecule has 7 heteroatoms. The Morgan fingerprint density at radius 2 is 1.97 bits per heavy atom. The maximum Gasteiger partial charge on any atom is 0.266 e. The van der Waals surface area contributed by atoms with Gasteiger partial charge < -0.3 is 15.3 Å². The number of hydrogen-bond acceptors (Lipinski definition) is 4. The molecule has 1 fully saturated rings. The average molecular weight is 401 g/mol. The summed E-state index contributed by atoms with van der Waals surface area (Å²) in [4.78, 5) is 6.49. The van der Waals surface area contributed by atoms with Crippen LogP contribution in [0.2, 0.25) is 0 Å². The molecule has 0 radical (unpaired) electrons. The minimum atomic E-state index is -2.86. The Kier molecular flexibility index (Phi) is 5.32. The first-order valence-corrected chi connectivity index (χ1v) is 9.59. The van der Waals surface area contributed by atoms with E-state index in [0.717, 1.165) is 41.3 Å². The quantitative estimate of drug-likeness (QED) is 0.628. The summed E-state index contributed by atoms with van der Waals surface area (Å²) in [5, 5.41) is 13.9. The van der Waals surface area contributed by atoms with Gasteiger partial charge >= 0.3 is 0 Å². The van der Waals surface area contributed by atoms with Crippen molar-refractivity contribution < 1.29 is 18.3 Å². The highest BCUT2D eigenvalue weighted by atomic mass is 19.3. The van der Waals surface area contributed by atoms with Crippen molar-refractivity contribution in [2.75, 3.05) is 23.3 Å². The molecule has 3 aromatic rings. The van der Waals surface area contributed by atoms with Crippen molar-refractivity contribution in [3.63, 3.8) is 0 Å². The average Bonchev–Trinajstić information content (AvgIpc) is 3.14. The summed E-state index contributed by atoms with van der Waals surface area (Å²) in [6, 6.07) is 11.2. The second-order valence-corrected chi connectivity index (χ2v) is 7.37. The van der Waals surface area contributed by atoms with Crippen molar-refractivity contribution in [2.45, 2.75) is 31.9 Å². The molecule has 4 nitrogen and oxygen atoms in total. The summed E-state index contributed by atoms with van der Waals surface area (Å²) < 4.78 is 40.6. The van der Waals surface area contributed by atoms with Gasteiger partial charge in [0.15, 0.2) is 0 Å². The molecule has 29 heavy (non-hydrogen) atoms. The summed E-state index contributed by atoms with van der Waals surface area (Å²) in [7, 11) is 0. The second kappa shape index (κ2) is 7.91. The molecule has 152 valence electrons. The molecule has 1 aliphatic heterocycles. The van der Waals surface area contributed by atoms with Crippen LogP contribution >= 0.6 is 0 Å². The highest BCUT2D eigenvalue weighted by Crippen LogP contribution is 2.32. The van der Waals surface area contributed by atoms with E-state index in [1.807, 2.05) is 18.2 Å². The van der Waals surface area contributed by atoms with Gasteiger partial charge in [-0.2, -0.15) is 0 Å². The van der Waals surface area contributed by atoms with Crippen LogP contribution in [0, 0.1) is 5.82 Å². The zero-order chi connectivity index (χ0) is 20.5. The number of halogens is 3. The van der Waals surface area contributed by atoms with Crippen LogP contribution in [0.25, 0.3) is 10.9 Å². The van der Waals surface area contributed by atoms with Crippen LogP contribution in [0.1, 0.15) is 36.9 Å². The summed E-state index contributed by atoms with van der Waals surface area (Å²) in [6.07, 6.45) is -0.806. The van der Waals surface area contributed by atoms with E-state index >= 15 is 0 Å². The number of nitrogens with one attached hydrogen (secondary N) is 1. The predicted molar refractivity (Wildman–Crippen MR) is 108 cm³/mol. The van der Waals surface area contributed by atoms with Crippen molar-refractivity contribution in [1.29, 1.82) is 0 Å². The third-order valence-electron chi connectivity index (χ3n) is 5.39. The molecule has 0 unspecified atom stereocenters. The molecular formula is C22H22F3N3O. The Balaban J connectivity index is 1.66. The molecule has 2 N–H and O–H groups in total. The highest BCUT2D eigenvalue weighted by Gasteiger charge is 2.22. The van der Waals surface area contributed by atoms with E-state index in [-0.39, 0.29) is 11.7 Å². The zero-order valence-electron chi connectivity index (χ0n) is 15.9. The van der Waals surface area contributed by atoms with Gasteiger partial charge in [0.2, 0.25) is 0 Å². The number of hydrogen-bond donors (Lipinski definition) is 2. The number of β-amino-alcohol motifs (C(OH)–C–C–N with tert-alkyl or cyclic N) is 1. The number of aromatic nitrogens is 1. The van der Waals surface area contributed by atoms with Crippen molar-refractivity contribution in [1.82, 2.24) is 4.98 Å². The zero-order valence-corrected chi connectivity index (χ0v) is 15.9. The number of aliphatic hydroxyl groups excluding tert-OH is 1. The highest BCUT2D eigenvalue weighted by molar-refractivity contribution is 5.93. The molecule has 1 saturated heterocycles. The number of anilines is 2. The van der Waals surface area contributed by atoms with Gasteiger partial charge in [-0.25, -0.2) is 13.2 Å². The van der Waals surface area contributed by atoms with Gasteiger partial charge in [0.1, 0.15) is 5.82 Å². The molecule has 0 bridgehead atoms. The Morgan fingerprint density at radius 3 is 2.69 bits per heavy atom. The SMILES string of the molecule is C[C@@H](Nc1ccnc2ccc(N3CC[C@@H](O)C3)cc12)c1cccc(C(F)F)c1F. The number of rotatable bonds is 5. The molecule has 0 amide bonds. The van der Waals surface area contributed by atoms with Crippen LogP contribution in [0.5, 0.6) is 0 Å². The van der Waals surface area contributed by atoms with E-state index in [2.05, 4.69) is 15.2 Å². The van der Waals surface area contributed by atoms with Crippen molar-refractivity contribution in [3.8, 4) is 0 Å². The van der Waals surface area contributed by atoms with Crippen molar-refractivity contribution in [3.05, 3.63) is 65.6 Å². The fourth-order valence-corrected chi connectivity index (χ4v) is 3.82. The minimum absolute atomic E-state index is 0.187. The first-order chi connectivity index (χ1) is 13.9. The van der Waals surface area contributed by atoms with Gasteiger partial charge in [0, 0.05) is 41.6 Å². The molecule has 0 spiro atoms. The number of fused-ring (bicyclic) bond motifs is 1. The van der Waals surface area contributed by atoms with Crippen molar-refractivity contribution >= 4 is 22.3 Å². The Morgan fingerprint density at radius 1 is 1.17 bits per heavy atom. The lowest BCUT2D eigenvalue weighted by Crippen LogP contribution is -2.21. The standard InChI is InChI=1S/C22H22F3N3O/c1-13(16-3-2-4-17(21(16)23)22(24)25)27-20-7-9-26-19-6-5-14(11-18(19)20)28-10-8-15(29)12-28/h2-7,9,11,13,15,22,29H,8,10,12H2,1H3,(H,26,27)/t13-,15-/m1/s1. The first-order valence-electron chi connectivity index (χ1n) is 9.59. The Labute approximate surface area is 167 Å². The normalized spacial score (nSPS) is 17.9. The largest absolute Gasteiger partial charge is 0.391 e. The number of alkyl halides is 2. The molecule has 1 aliphatic rings. The number of nitrogens with zero attached hydrogens (tertiary/aromatic N) is 2. The van der Waals surface area contributed by atoms with Gasteiger partial charge in [0.05, 0.1) is 23.2 Å². The van der Waals surface area contributed by atoms with E-state index < -0.39 is 23.8 Å². The van der Waals surface area contributed by atoms with Crippen LogP contribution in [0.15, 0.2) is 48.7 Å². The van der Waals surface area contributed by atoms with Crippen LogP contribution < -0.4 is 10.2 Å². The first kappa shape index (κ1) is 19.5. The molecule has 2 atom stereocenters. The maximum atomic E-state index is 14.5. The van der Waals surface area contributed by atoms with Crippen molar-refractivity contribution in [2.24, 2.45) is 0 Å². The van der Waals surface area contributed by atoms with Gasteiger partial charge in [-0.05, 0) is 37.6 Å². The molecule has 1 aromatic heterocycles. The Hall–Kier alpha value is -2.80. The minimum Gasteiger partial charge on any atom is -0.391 e. The van der Waals surface area contributed by atoms with Crippen LogP contribution in [0.4, 0.5) is 24.5 Å². The molecule has 0 saturated carbocycles. The van der Waals surface area contributed by atoms with E-state index in [4.69, 9.17) is 0 Å². The summed E-state index contributed by atoms with van der Waals surface area (Å²) in [6.45, 7) is 3.09. The number of pyridine rings is 1. The lowest BCUT2D eigenvalue weighted by atomic mass is 10.0. The van der Waals surface area contributed by atoms with Crippen LogP contribution in [-0.4, -0.2) is 29.3 Å². The number of aliphatic hydroxyl groups is 1. The lowest BCUT2D eigenvalue weighted by molar-refractivity contribution is 0.146. The van der Waals surface area contributed by atoms with Gasteiger partial charge in [0.25, 0.3) is 6.43 Å². The fraction of sp³-hybridized carbons (Fsp3) is 0.318. The smallest absolute Gasteiger partial charge is 0.266 e. The van der Waals surface area contributed by atoms with Gasteiger partial charge in [-0.1, -0.05) is 18.2 Å². The lowest BCUT2D eigenvalue weighted by Gasteiger charge is -2.21. The summed E-state index contributed by atoms with van der Waals surface area (Å²) >= 11 is 0. The predicted octanol–water partition coefficient (Wildman–Crippen LogP) is 5.06. The molecule has 2 heterocycles. The molecule has 2 aromatic carbocycles. The van der Waals surface area contributed by atoms with Gasteiger partial charge in [-0.15, -0.1) is 0 Å². The molecular weight excluding hydrogens is 379 g/mol. The van der Waals surface area contributed by atoms with Crippen LogP contribution in [0.3, 0.4) is 0 Å². The third kappa shape index (κ3) is 3.87. The van der Waals surface area contributed by atoms with Crippen LogP contribution in [-0.2, 0) is 0 Å². The fourth-order valence-electron chi connectivity index (χ4n) is 3.82. The van der Waals surface area contributed by atoms with E-state index in [9.17, 15) is 18.3 Å². The Bertz CT molecular complexity index is 1030. The summed E-state index contributed by atoms with van der Waals surface area (Å²) in [5.41, 5.74) is 2.08. The topological polar surface area (TPSA) is 48.4 Å². The third-order valence-corrected chi connectivity index (χ3v) is 5.39. The van der Waals surface area contributed by atoms with E-state index in [0.29, 0.717) is 6.54 Å². The van der Waals surface area contributed by atoms with E-state index in [1.165, 1.54) is 12.1 Å². The molecule has 0 aliphatic carbocycles. The summed E-state index contributed by atoms with van der Waals surface area (Å²) in [5.74, 6) is -0.882. The second-order valence-electron chi connectivity index (χ2n) is 7.37.